The minimum atomic E-state index is -0.775. The lowest BCUT2D eigenvalue weighted by molar-refractivity contribution is -0.121. The molecule has 2 aromatic rings. The summed E-state index contributed by atoms with van der Waals surface area (Å²) in [6, 6.07) is 10.0. The van der Waals surface area contributed by atoms with Gasteiger partial charge in [-0.3, -0.25) is 4.79 Å². The fourth-order valence-corrected chi connectivity index (χ4v) is 3.03. The van der Waals surface area contributed by atoms with E-state index in [9.17, 15) is 14.0 Å². The minimum Gasteiger partial charge on any atom is -0.490 e. The summed E-state index contributed by atoms with van der Waals surface area (Å²) >= 11 is 6.26. The lowest BCUT2D eigenvalue weighted by atomic mass is 10.2. The zero-order chi connectivity index (χ0) is 23.5. The molecule has 1 amide bonds. The van der Waals surface area contributed by atoms with Crippen molar-refractivity contribution in [3.8, 4) is 17.6 Å². The molecule has 0 spiro atoms. The van der Waals surface area contributed by atoms with Crippen LogP contribution in [0, 0.1) is 17.1 Å². The van der Waals surface area contributed by atoms with Gasteiger partial charge in [-0.15, -0.1) is 0 Å². The summed E-state index contributed by atoms with van der Waals surface area (Å²) in [6.45, 7) is 4.00. The maximum Gasteiger partial charge on any atom is 0.338 e. The smallest absolute Gasteiger partial charge is 0.338 e. The molecule has 0 atom stereocenters. The van der Waals surface area contributed by atoms with Crippen LogP contribution in [0.3, 0.4) is 0 Å². The molecule has 0 saturated heterocycles. The summed E-state index contributed by atoms with van der Waals surface area (Å²) in [7, 11) is 0. The Kier molecular flexibility index (Phi) is 9.76. The molecule has 0 radical (unpaired) electrons. The molecule has 2 aromatic carbocycles. The predicted molar refractivity (Wildman–Crippen MR) is 118 cm³/mol. The second-order valence-corrected chi connectivity index (χ2v) is 6.98. The van der Waals surface area contributed by atoms with Crippen LogP contribution in [0.15, 0.2) is 36.4 Å². The average molecular weight is 463 g/mol. The maximum atomic E-state index is 13.2. The third kappa shape index (κ3) is 6.86. The van der Waals surface area contributed by atoms with Crippen LogP contribution in [0.5, 0.6) is 11.5 Å². The maximum absolute atomic E-state index is 13.2. The quantitative estimate of drug-likeness (QED) is 0.447. The van der Waals surface area contributed by atoms with Gasteiger partial charge in [-0.05, 0) is 49.7 Å². The molecule has 0 aliphatic rings. The largest absolute Gasteiger partial charge is 0.490 e. The lowest BCUT2D eigenvalue weighted by Crippen LogP contribution is -2.35. The van der Waals surface area contributed by atoms with E-state index >= 15 is 0 Å². The number of hydrogen-bond donors (Lipinski definition) is 0. The molecule has 0 heterocycles. The van der Waals surface area contributed by atoms with Gasteiger partial charge in [-0.2, -0.15) is 5.26 Å². The van der Waals surface area contributed by atoms with Crippen molar-refractivity contribution in [2.75, 3.05) is 31.3 Å². The Morgan fingerprint density at radius 1 is 1.16 bits per heavy atom. The van der Waals surface area contributed by atoms with Gasteiger partial charge in [0.2, 0.25) is 0 Å². The molecule has 0 fully saturated rings. The van der Waals surface area contributed by atoms with Gasteiger partial charge in [0.1, 0.15) is 5.82 Å². The number of esters is 1. The minimum absolute atomic E-state index is 0.0591. The van der Waals surface area contributed by atoms with Crippen molar-refractivity contribution >= 4 is 29.2 Å². The topological polar surface area (TPSA) is 88.9 Å². The third-order valence-electron chi connectivity index (χ3n) is 4.21. The molecule has 0 aromatic heterocycles. The standard InChI is InChI=1S/C23H24ClFN2O5/c1-3-12-31-22-19(24)13-16(14-20(22)30-4-2)23(29)32-15-21(28)27(11-5-10-26)18-8-6-17(25)7-9-18/h6-9,13-14H,3-5,11-12,15H2,1-2H3. The van der Waals surface area contributed by atoms with E-state index in [1.165, 1.54) is 41.3 Å². The van der Waals surface area contributed by atoms with E-state index in [0.29, 0.717) is 30.4 Å². The van der Waals surface area contributed by atoms with E-state index in [1.807, 2.05) is 13.0 Å². The van der Waals surface area contributed by atoms with Gasteiger partial charge in [0.15, 0.2) is 18.1 Å². The summed E-state index contributed by atoms with van der Waals surface area (Å²) < 4.78 is 29.5. The zero-order valence-corrected chi connectivity index (χ0v) is 18.7. The first-order valence-corrected chi connectivity index (χ1v) is 10.5. The second-order valence-electron chi connectivity index (χ2n) is 6.57. The number of ether oxygens (including phenoxy) is 3. The van der Waals surface area contributed by atoms with Gasteiger partial charge in [0, 0.05) is 12.2 Å². The van der Waals surface area contributed by atoms with Gasteiger partial charge >= 0.3 is 5.97 Å². The van der Waals surface area contributed by atoms with Crippen molar-refractivity contribution in [1.82, 2.24) is 0 Å². The first-order chi connectivity index (χ1) is 15.4. The molecular formula is C23H24ClFN2O5. The van der Waals surface area contributed by atoms with Crippen molar-refractivity contribution in [2.45, 2.75) is 26.7 Å². The van der Waals surface area contributed by atoms with Crippen LogP contribution in [0.1, 0.15) is 37.0 Å². The molecule has 0 N–H and O–H groups in total. The molecule has 170 valence electrons. The number of hydrogen-bond acceptors (Lipinski definition) is 6. The number of carbonyl (C=O) groups excluding carboxylic acids is 2. The van der Waals surface area contributed by atoms with Crippen LogP contribution >= 0.6 is 11.6 Å². The van der Waals surface area contributed by atoms with Crippen molar-refractivity contribution < 1.29 is 28.2 Å². The SMILES string of the molecule is CCCOc1c(Cl)cc(C(=O)OCC(=O)N(CCC#N)c2ccc(F)cc2)cc1OCC. The molecule has 0 aliphatic carbocycles. The summed E-state index contributed by atoms with van der Waals surface area (Å²) in [5.41, 5.74) is 0.488. The van der Waals surface area contributed by atoms with Crippen LogP contribution in [0.4, 0.5) is 10.1 Å². The number of amides is 1. The van der Waals surface area contributed by atoms with Gasteiger partial charge in [0.05, 0.1) is 36.3 Å². The highest BCUT2D eigenvalue weighted by Gasteiger charge is 2.21. The van der Waals surface area contributed by atoms with Gasteiger partial charge in [-0.1, -0.05) is 18.5 Å². The van der Waals surface area contributed by atoms with Crippen LogP contribution in [0.25, 0.3) is 0 Å². The van der Waals surface area contributed by atoms with Crippen LogP contribution in [-0.4, -0.2) is 38.2 Å². The second kappa shape index (κ2) is 12.5. The van der Waals surface area contributed by atoms with Crippen molar-refractivity contribution in [3.05, 3.63) is 52.8 Å². The Balaban J connectivity index is 2.14. The van der Waals surface area contributed by atoms with Gasteiger partial charge in [-0.25, -0.2) is 9.18 Å². The molecule has 0 saturated carbocycles. The molecular weight excluding hydrogens is 439 g/mol. The normalized spacial score (nSPS) is 10.2. The lowest BCUT2D eigenvalue weighted by Gasteiger charge is -2.21. The Morgan fingerprint density at radius 3 is 2.50 bits per heavy atom. The third-order valence-corrected chi connectivity index (χ3v) is 4.49. The van der Waals surface area contributed by atoms with E-state index < -0.39 is 24.3 Å². The van der Waals surface area contributed by atoms with Crippen LogP contribution < -0.4 is 14.4 Å². The predicted octanol–water partition coefficient (Wildman–Crippen LogP) is 4.77. The highest BCUT2D eigenvalue weighted by molar-refractivity contribution is 6.32. The molecule has 7 nitrogen and oxygen atoms in total. The molecule has 2 rings (SSSR count). The summed E-state index contributed by atoms with van der Waals surface area (Å²) in [5.74, 6) is -1.15. The Labute approximate surface area is 191 Å². The first kappa shape index (κ1) is 25.0. The number of halogens is 2. The number of carbonyl (C=O) groups is 2. The highest BCUT2D eigenvalue weighted by atomic mass is 35.5. The summed E-state index contributed by atoms with van der Waals surface area (Å²) in [6.07, 6.45) is 0.827. The van der Waals surface area contributed by atoms with Crippen molar-refractivity contribution in [3.63, 3.8) is 0 Å². The van der Waals surface area contributed by atoms with Crippen molar-refractivity contribution in [2.24, 2.45) is 0 Å². The number of nitriles is 1. The van der Waals surface area contributed by atoms with Crippen molar-refractivity contribution in [1.29, 1.82) is 5.26 Å². The first-order valence-electron chi connectivity index (χ1n) is 10.1. The van der Waals surface area contributed by atoms with Crippen LogP contribution in [0.2, 0.25) is 5.02 Å². The van der Waals surface area contributed by atoms with Gasteiger partial charge in [0.25, 0.3) is 5.91 Å². The fourth-order valence-electron chi connectivity index (χ4n) is 2.76. The van der Waals surface area contributed by atoms with E-state index in [-0.39, 0.29) is 23.6 Å². The Bertz CT molecular complexity index is 976. The monoisotopic (exact) mass is 462 g/mol. The molecule has 9 heteroatoms. The number of anilines is 1. The number of nitrogens with zero attached hydrogens (tertiary/aromatic N) is 2. The van der Waals surface area contributed by atoms with Gasteiger partial charge < -0.3 is 19.1 Å². The highest BCUT2D eigenvalue weighted by Crippen LogP contribution is 2.37. The summed E-state index contributed by atoms with van der Waals surface area (Å²) in [4.78, 5) is 26.5. The molecule has 0 aliphatic heterocycles. The number of rotatable bonds is 11. The van der Waals surface area contributed by atoms with E-state index in [0.717, 1.165) is 6.42 Å². The molecule has 0 unspecified atom stereocenters. The number of benzene rings is 2. The van der Waals surface area contributed by atoms with Crippen LogP contribution in [-0.2, 0) is 9.53 Å². The fraction of sp³-hybridized carbons (Fsp3) is 0.348. The molecule has 32 heavy (non-hydrogen) atoms. The van der Waals surface area contributed by atoms with E-state index in [1.54, 1.807) is 6.92 Å². The molecule has 0 bridgehead atoms. The Morgan fingerprint density at radius 2 is 1.88 bits per heavy atom. The van der Waals surface area contributed by atoms with E-state index in [2.05, 4.69) is 0 Å². The Hall–Kier alpha value is -3.31. The zero-order valence-electron chi connectivity index (χ0n) is 17.9. The average Bonchev–Trinajstić information content (AvgIpc) is 2.78. The summed E-state index contributed by atoms with van der Waals surface area (Å²) in [5, 5.41) is 9.04. The van der Waals surface area contributed by atoms with E-state index in [4.69, 9.17) is 31.1 Å².